The average molecular weight is 331 g/mol. The van der Waals surface area contributed by atoms with Crippen LogP contribution in [0.1, 0.15) is 23.6 Å². The minimum Gasteiger partial charge on any atom is -0.497 e. The van der Waals surface area contributed by atoms with Crippen LogP contribution in [0.15, 0.2) is 42.5 Å². The highest BCUT2D eigenvalue weighted by Gasteiger charge is 2.32. The van der Waals surface area contributed by atoms with Gasteiger partial charge >= 0.3 is 0 Å². The van der Waals surface area contributed by atoms with E-state index in [1.54, 1.807) is 13.2 Å². The van der Waals surface area contributed by atoms with Gasteiger partial charge in [-0.2, -0.15) is 0 Å². The number of hydrogen-bond donors (Lipinski definition) is 1. The number of halogens is 1. The fourth-order valence-electron chi connectivity index (χ4n) is 3.29. The van der Waals surface area contributed by atoms with E-state index in [9.17, 15) is 9.50 Å². The van der Waals surface area contributed by atoms with E-state index in [1.165, 1.54) is 13.2 Å². The van der Waals surface area contributed by atoms with E-state index in [4.69, 9.17) is 9.47 Å². The number of ether oxygens (including phenoxy) is 2. The lowest BCUT2D eigenvalue weighted by Gasteiger charge is -2.25. The lowest BCUT2D eigenvalue weighted by molar-refractivity contribution is 0.172. The second-order valence-corrected chi connectivity index (χ2v) is 6.08. The first-order chi connectivity index (χ1) is 11.6. The summed E-state index contributed by atoms with van der Waals surface area (Å²) in [6.07, 6.45) is 0.274. The number of hydrogen-bond acceptors (Lipinski definition) is 4. The Bertz CT molecular complexity index is 707. The van der Waals surface area contributed by atoms with Gasteiger partial charge in [0.15, 0.2) is 11.6 Å². The van der Waals surface area contributed by atoms with Crippen LogP contribution in [0.2, 0.25) is 0 Å². The smallest absolute Gasteiger partial charge is 0.165 e. The molecule has 2 atom stereocenters. The SMILES string of the molecule is COc1cccc([C@H]2C[C@H](O)CN2Cc2ccc(OC)c(F)c2)c1. The Morgan fingerprint density at radius 2 is 2.00 bits per heavy atom. The Morgan fingerprint density at radius 1 is 1.17 bits per heavy atom. The van der Waals surface area contributed by atoms with Crippen molar-refractivity contribution < 1.29 is 19.0 Å². The standard InChI is InChI=1S/C19H22FNO3/c1-23-16-5-3-4-14(9-16)18-10-15(22)12-21(18)11-13-6-7-19(24-2)17(20)8-13/h3-9,15,18,22H,10-12H2,1-2H3/t15-,18+/m0/s1. The van der Waals surface area contributed by atoms with Crippen molar-refractivity contribution in [3.05, 3.63) is 59.4 Å². The lowest BCUT2D eigenvalue weighted by Crippen LogP contribution is -2.24. The second-order valence-electron chi connectivity index (χ2n) is 6.08. The van der Waals surface area contributed by atoms with Gasteiger partial charge in [-0.1, -0.05) is 18.2 Å². The molecule has 24 heavy (non-hydrogen) atoms. The molecule has 3 rings (SSSR count). The van der Waals surface area contributed by atoms with Crippen molar-refractivity contribution in [3.8, 4) is 11.5 Å². The molecule has 1 heterocycles. The van der Waals surface area contributed by atoms with Gasteiger partial charge in [-0.25, -0.2) is 4.39 Å². The van der Waals surface area contributed by atoms with Crippen LogP contribution >= 0.6 is 0 Å². The topological polar surface area (TPSA) is 41.9 Å². The van der Waals surface area contributed by atoms with Crippen LogP contribution < -0.4 is 9.47 Å². The van der Waals surface area contributed by atoms with Crippen LogP contribution in [0.4, 0.5) is 4.39 Å². The first kappa shape index (κ1) is 16.7. The van der Waals surface area contributed by atoms with E-state index in [0.29, 0.717) is 19.5 Å². The zero-order chi connectivity index (χ0) is 17.1. The summed E-state index contributed by atoms with van der Waals surface area (Å²) < 4.78 is 24.2. The van der Waals surface area contributed by atoms with Crippen LogP contribution in [-0.4, -0.2) is 36.9 Å². The Hall–Kier alpha value is -2.11. The zero-order valence-electron chi connectivity index (χ0n) is 13.9. The van der Waals surface area contributed by atoms with Gasteiger partial charge in [-0.3, -0.25) is 4.90 Å². The van der Waals surface area contributed by atoms with Crippen molar-refractivity contribution in [2.24, 2.45) is 0 Å². The first-order valence-electron chi connectivity index (χ1n) is 7.99. The molecule has 0 aromatic heterocycles. The molecule has 1 saturated heterocycles. The molecule has 2 aromatic rings. The zero-order valence-corrected chi connectivity index (χ0v) is 13.9. The van der Waals surface area contributed by atoms with Crippen molar-refractivity contribution in [1.82, 2.24) is 4.90 Å². The number of likely N-dealkylation sites (tertiary alicyclic amines) is 1. The summed E-state index contributed by atoms with van der Waals surface area (Å²) in [5.41, 5.74) is 1.95. The number of aliphatic hydroxyl groups excluding tert-OH is 1. The van der Waals surface area contributed by atoms with E-state index in [2.05, 4.69) is 4.90 Å². The van der Waals surface area contributed by atoms with Gasteiger partial charge in [0.25, 0.3) is 0 Å². The fourth-order valence-corrected chi connectivity index (χ4v) is 3.29. The monoisotopic (exact) mass is 331 g/mol. The van der Waals surface area contributed by atoms with Gasteiger partial charge in [-0.15, -0.1) is 0 Å². The molecule has 0 amide bonds. The van der Waals surface area contributed by atoms with Gasteiger partial charge in [0.05, 0.1) is 20.3 Å². The third-order valence-electron chi connectivity index (χ3n) is 4.46. The summed E-state index contributed by atoms with van der Waals surface area (Å²) in [7, 11) is 3.09. The maximum atomic E-state index is 13.9. The fraction of sp³-hybridized carbons (Fsp3) is 0.368. The van der Waals surface area contributed by atoms with E-state index in [0.717, 1.165) is 16.9 Å². The average Bonchev–Trinajstić information content (AvgIpc) is 2.95. The summed E-state index contributed by atoms with van der Waals surface area (Å²) in [6.45, 7) is 1.13. The molecule has 1 N–H and O–H groups in total. The van der Waals surface area contributed by atoms with Crippen molar-refractivity contribution in [3.63, 3.8) is 0 Å². The summed E-state index contributed by atoms with van der Waals surface area (Å²) in [5, 5.41) is 10.1. The van der Waals surface area contributed by atoms with E-state index in [1.807, 2.05) is 30.3 Å². The minimum absolute atomic E-state index is 0.0836. The largest absolute Gasteiger partial charge is 0.497 e. The third kappa shape index (κ3) is 3.52. The molecule has 0 radical (unpaired) electrons. The number of nitrogens with zero attached hydrogens (tertiary/aromatic N) is 1. The van der Waals surface area contributed by atoms with Gasteiger partial charge in [0.2, 0.25) is 0 Å². The van der Waals surface area contributed by atoms with Crippen molar-refractivity contribution in [2.45, 2.75) is 25.1 Å². The highest BCUT2D eigenvalue weighted by molar-refractivity contribution is 5.32. The molecule has 128 valence electrons. The molecule has 0 bridgehead atoms. The van der Waals surface area contributed by atoms with Gasteiger partial charge < -0.3 is 14.6 Å². The number of aliphatic hydroxyl groups is 1. The van der Waals surface area contributed by atoms with Gasteiger partial charge in [0, 0.05) is 19.1 Å². The highest BCUT2D eigenvalue weighted by Crippen LogP contribution is 2.35. The van der Waals surface area contributed by atoms with E-state index < -0.39 is 0 Å². The predicted molar refractivity (Wildman–Crippen MR) is 89.7 cm³/mol. The maximum absolute atomic E-state index is 13.9. The molecule has 0 unspecified atom stereocenters. The Morgan fingerprint density at radius 3 is 2.71 bits per heavy atom. The highest BCUT2D eigenvalue weighted by atomic mass is 19.1. The molecular formula is C19H22FNO3. The van der Waals surface area contributed by atoms with Crippen LogP contribution in [0.5, 0.6) is 11.5 Å². The first-order valence-corrected chi connectivity index (χ1v) is 7.99. The Balaban J connectivity index is 1.81. The molecule has 0 aliphatic carbocycles. The maximum Gasteiger partial charge on any atom is 0.165 e. The number of β-amino-alcohol motifs (C(OH)–C–C–N with tert-alkyl or cyclic N) is 1. The summed E-state index contributed by atoms with van der Waals surface area (Å²) in [4.78, 5) is 2.17. The molecule has 5 heteroatoms. The minimum atomic E-state index is -0.385. The predicted octanol–water partition coefficient (Wildman–Crippen LogP) is 3.15. The van der Waals surface area contributed by atoms with Crippen molar-refractivity contribution in [2.75, 3.05) is 20.8 Å². The Kier molecular flexibility index (Phi) is 5.02. The molecular weight excluding hydrogens is 309 g/mol. The summed E-state index contributed by atoms with van der Waals surface area (Å²) in [5.74, 6) is 0.668. The second kappa shape index (κ2) is 7.20. The van der Waals surface area contributed by atoms with Gasteiger partial charge in [-0.05, 0) is 41.8 Å². The Labute approximate surface area is 141 Å². The molecule has 0 saturated carbocycles. The molecule has 1 aliphatic heterocycles. The molecule has 4 nitrogen and oxygen atoms in total. The number of benzene rings is 2. The van der Waals surface area contributed by atoms with E-state index in [-0.39, 0.29) is 23.7 Å². The third-order valence-corrected chi connectivity index (χ3v) is 4.46. The van der Waals surface area contributed by atoms with Crippen LogP contribution in [0.25, 0.3) is 0 Å². The van der Waals surface area contributed by atoms with Crippen molar-refractivity contribution in [1.29, 1.82) is 0 Å². The number of methoxy groups -OCH3 is 2. The van der Waals surface area contributed by atoms with Crippen LogP contribution in [0.3, 0.4) is 0 Å². The summed E-state index contributed by atoms with van der Waals surface area (Å²) >= 11 is 0. The van der Waals surface area contributed by atoms with Crippen LogP contribution in [-0.2, 0) is 6.54 Å². The summed E-state index contributed by atoms with van der Waals surface area (Å²) in [6, 6.07) is 12.9. The normalized spacial score (nSPS) is 21.0. The van der Waals surface area contributed by atoms with Gasteiger partial charge in [0.1, 0.15) is 5.75 Å². The quantitative estimate of drug-likeness (QED) is 0.914. The number of rotatable bonds is 5. The lowest BCUT2D eigenvalue weighted by atomic mass is 10.0. The van der Waals surface area contributed by atoms with E-state index >= 15 is 0 Å². The molecule has 1 aliphatic rings. The van der Waals surface area contributed by atoms with Crippen molar-refractivity contribution >= 4 is 0 Å². The molecule has 2 aromatic carbocycles. The molecule has 0 spiro atoms. The molecule has 1 fully saturated rings. The van der Waals surface area contributed by atoms with Crippen LogP contribution in [0, 0.1) is 5.82 Å².